The second-order valence-electron chi connectivity index (χ2n) is 6.94. The predicted octanol–water partition coefficient (Wildman–Crippen LogP) is 2.46. The Kier molecular flexibility index (Phi) is 6.83. The van der Waals surface area contributed by atoms with Crippen molar-refractivity contribution in [2.75, 3.05) is 26.3 Å². The predicted molar refractivity (Wildman–Crippen MR) is 108 cm³/mol. The molecule has 1 fully saturated rings. The Balaban J connectivity index is 1.57. The average molecular weight is 403 g/mol. The molecule has 0 radical (unpaired) electrons. The fraction of sp³-hybridized carbons (Fsp3) is 0.381. The molecule has 6 nitrogen and oxygen atoms in total. The number of ether oxygens (including phenoxy) is 1. The molecule has 1 amide bonds. The molecule has 150 valence electrons. The Morgan fingerprint density at radius 1 is 1.07 bits per heavy atom. The van der Waals surface area contributed by atoms with E-state index in [0.29, 0.717) is 31.9 Å². The maximum Gasteiger partial charge on any atom is 0.251 e. The SMILES string of the molecule is C[C@@H](CCc1ccccc1)NC(=O)c1ccc(S(=O)(=O)N2CCOCC2)cc1. The lowest BCUT2D eigenvalue weighted by Gasteiger charge is -2.26. The lowest BCUT2D eigenvalue weighted by molar-refractivity contribution is 0.0730. The molecule has 7 heteroatoms. The Bertz CT molecular complexity index is 876. The molecule has 1 saturated heterocycles. The molecule has 0 saturated carbocycles. The maximum atomic E-state index is 12.6. The van der Waals surface area contributed by atoms with E-state index in [1.54, 1.807) is 12.1 Å². The molecule has 1 aliphatic heterocycles. The van der Waals surface area contributed by atoms with Crippen molar-refractivity contribution in [1.82, 2.24) is 9.62 Å². The molecular weight excluding hydrogens is 376 g/mol. The van der Waals surface area contributed by atoms with E-state index in [2.05, 4.69) is 17.4 Å². The first kappa shape index (κ1) is 20.5. The summed E-state index contributed by atoms with van der Waals surface area (Å²) in [5.74, 6) is -0.198. The number of amides is 1. The quantitative estimate of drug-likeness (QED) is 0.772. The molecule has 1 aliphatic rings. The summed E-state index contributed by atoms with van der Waals surface area (Å²) in [6.07, 6.45) is 1.72. The zero-order valence-electron chi connectivity index (χ0n) is 16.0. The van der Waals surface area contributed by atoms with Gasteiger partial charge in [0.25, 0.3) is 5.91 Å². The molecule has 2 aromatic rings. The van der Waals surface area contributed by atoms with Crippen molar-refractivity contribution in [2.45, 2.75) is 30.7 Å². The molecule has 0 unspecified atom stereocenters. The minimum atomic E-state index is -3.55. The molecule has 0 spiro atoms. The average Bonchev–Trinajstić information content (AvgIpc) is 2.73. The van der Waals surface area contributed by atoms with Gasteiger partial charge in [0.1, 0.15) is 0 Å². The van der Waals surface area contributed by atoms with Crippen molar-refractivity contribution in [3.05, 3.63) is 65.7 Å². The number of sulfonamides is 1. The summed E-state index contributed by atoms with van der Waals surface area (Å²) in [4.78, 5) is 12.6. The number of hydrogen-bond acceptors (Lipinski definition) is 4. The van der Waals surface area contributed by atoms with E-state index in [1.807, 2.05) is 25.1 Å². The Hall–Kier alpha value is -2.22. The number of nitrogens with one attached hydrogen (secondary N) is 1. The molecule has 1 heterocycles. The van der Waals surface area contributed by atoms with Gasteiger partial charge in [0.05, 0.1) is 18.1 Å². The van der Waals surface area contributed by atoms with Gasteiger partial charge in [-0.25, -0.2) is 8.42 Å². The molecule has 0 bridgehead atoms. The molecule has 2 aromatic carbocycles. The first-order valence-corrected chi connectivity index (χ1v) is 10.9. The van der Waals surface area contributed by atoms with Crippen LogP contribution < -0.4 is 5.32 Å². The van der Waals surface area contributed by atoms with Crippen molar-refractivity contribution >= 4 is 15.9 Å². The number of rotatable bonds is 7. The van der Waals surface area contributed by atoms with E-state index in [9.17, 15) is 13.2 Å². The molecule has 3 rings (SSSR count). The third kappa shape index (κ3) is 5.19. The van der Waals surface area contributed by atoms with Crippen LogP contribution in [0.4, 0.5) is 0 Å². The molecule has 0 aliphatic carbocycles. The molecular formula is C21H26N2O4S. The van der Waals surface area contributed by atoms with Crippen molar-refractivity contribution in [2.24, 2.45) is 0 Å². The fourth-order valence-corrected chi connectivity index (χ4v) is 4.53. The van der Waals surface area contributed by atoms with E-state index in [1.165, 1.54) is 22.0 Å². The largest absolute Gasteiger partial charge is 0.379 e. The van der Waals surface area contributed by atoms with Crippen LogP contribution >= 0.6 is 0 Å². The number of hydrogen-bond donors (Lipinski definition) is 1. The molecule has 28 heavy (non-hydrogen) atoms. The maximum absolute atomic E-state index is 12.6. The molecule has 0 aromatic heterocycles. The van der Waals surface area contributed by atoms with Gasteiger partial charge in [-0.2, -0.15) is 4.31 Å². The van der Waals surface area contributed by atoms with Crippen LogP contribution in [0.15, 0.2) is 59.5 Å². The smallest absolute Gasteiger partial charge is 0.251 e. The minimum absolute atomic E-state index is 0.0180. The van der Waals surface area contributed by atoms with Crippen LogP contribution in [0.3, 0.4) is 0 Å². The van der Waals surface area contributed by atoms with Gasteiger partial charge in [0.15, 0.2) is 0 Å². The summed E-state index contributed by atoms with van der Waals surface area (Å²) in [5, 5.41) is 2.97. The van der Waals surface area contributed by atoms with Crippen LogP contribution in [0, 0.1) is 0 Å². The number of benzene rings is 2. The van der Waals surface area contributed by atoms with Crippen molar-refractivity contribution < 1.29 is 17.9 Å². The lowest BCUT2D eigenvalue weighted by Crippen LogP contribution is -2.40. The number of nitrogens with zero attached hydrogens (tertiary/aromatic N) is 1. The van der Waals surface area contributed by atoms with Gasteiger partial charge in [0.2, 0.25) is 10.0 Å². The van der Waals surface area contributed by atoms with E-state index in [0.717, 1.165) is 12.8 Å². The van der Waals surface area contributed by atoms with E-state index >= 15 is 0 Å². The molecule has 1 atom stereocenters. The normalized spacial score (nSPS) is 16.5. The monoisotopic (exact) mass is 402 g/mol. The van der Waals surface area contributed by atoms with Crippen LogP contribution in [0.5, 0.6) is 0 Å². The van der Waals surface area contributed by atoms with Gasteiger partial charge in [-0.1, -0.05) is 30.3 Å². The van der Waals surface area contributed by atoms with Crippen LogP contribution in [-0.2, 0) is 21.2 Å². The summed E-state index contributed by atoms with van der Waals surface area (Å²) < 4.78 is 31.9. The summed E-state index contributed by atoms with van der Waals surface area (Å²) in [5.41, 5.74) is 1.69. The standard InChI is InChI=1S/C21H26N2O4S/c1-17(7-8-18-5-3-2-4-6-18)22-21(24)19-9-11-20(12-10-19)28(25,26)23-13-15-27-16-14-23/h2-6,9-12,17H,7-8,13-16H2,1H3,(H,22,24)/t17-/m0/s1. The van der Waals surface area contributed by atoms with Crippen LogP contribution in [0.1, 0.15) is 29.3 Å². The minimum Gasteiger partial charge on any atom is -0.379 e. The highest BCUT2D eigenvalue weighted by atomic mass is 32.2. The van der Waals surface area contributed by atoms with Gasteiger partial charge >= 0.3 is 0 Å². The lowest BCUT2D eigenvalue weighted by atomic mass is 10.1. The zero-order chi connectivity index (χ0) is 20.0. The summed E-state index contributed by atoms with van der Waals surface area (Å²) in [6, 6.07) is 16.3. The van der Waals surface area contributed by atoms with Gasteiger partial charge in [-0.05, 0) is 49.6 Å². The van der Waals surface area contributed by atoms with Gasteiger partial charge in [-0.15, -0.1) is 0 Å². The number of aryl methyl sites for hydroxylation is 1. The van der Waals surface area contributed by atoms with Crippen LogP contribution in [-0.4, -0.2) is 51.0 Å². The van der Waals surface area contributed by atoms with Crippen LogP contribution in [0.25, 0.3) is 0 Å². The van der Waals surface area contributed by atoms with Gasteiger partial charge < -0.3 is 10.1 Å². The third-order valence-electron chi connectivity index (χ3n) is 4.81. The van der Waals surface area contributed by atoms with Crippen molar-refractivity contribution in [3.63, 3.8) is 0 Å². The zero-order valence-corrected chi connectivity index (χ0v) is 16.8. The fourth-order valence-electron chi connectivity index (χ4n) is 3.12. The number of carbonyl (C=O) groups excluding carboxylic acids is 1. The topological polar surface area (TPSA) is 75.7 Å². The number of morpholine rings is 1. The van der Waals surface area contributed by atoms with Gasteiger partial charge in [0, 0.05) is 24.7 Å². The van der Waals surface area contributed by atoms with E-state index in [-0.39, 0.29) is 16.8 Å². The first-order valence-electron chi connectivity index (χ1n) is 9.49. The summed E-state index contributed by atoms with van der Waals surface area (Å²) in [6.45, 7) is 3.48. The second kappa shape index (κ2) is 9.32. The van der Waals surface area contributed by atoms with Crippen LogP contribution in [0.2, 0.25) is 0 Å². The van der Waals surface area contributed by atoms with Gasteiger partial charge in [-0.3, -0.25) is 4.79 Å². The highest BCUT2D eigenvalue weighted by Gasteiger charge is 2.26. The van der Waals surface area contributed by atoms with E-state index < -0.39 is 10.0 Å². The molecule has 1 N–H and O–H groups in total. The highest BCUT2D eigenvalue weighted by molar-refractivity contribution is 7.89. The highest BCUT2D eigenvalue weighted by Crippen LogP contribution is 2.18. The Morgan fingerprint density at radius 2 is 1.71 bits per heavy atom. The van der Waals surface area contributed by atoms with E-state index in [4.69, 9.17) is 4.74 Å². The summed E-state index contributed by atoms with van der Waals surface area (Å²) in [7, 11) is -3.55. The summed E-state index contributed by atoms with van der Waals surface area (Å²) >= 11 is 0. The Labute approximate surface area is 166 Å². The third-order valence-corrected chi connectivity index (χ3v) is 6.72. The first-order chi connectivity index (χ1) is 13.5. The number of carbonyl (C=O) groups is 1. The Morgan fingerprint density at radius 3 is 2.36 bits per heavy atom. The second-order valence-corrected chi connectivity index (χ2v) is 8.88. The van der Waals surface area contributed by atoms with Crippen molar-refractivity contribution in [1.29, 1.82) is 0 Å². The van der Waals surface area contributed by atoms with Crippen molar-refractivity contribution in [3.8, 4) is 0 Å².